The zero-order valence-corrected chi connectivity index (χ0v) is 12.7. The van der Waals surface area contributed by atoms with Crippen LogP contribution in [0.5, 0.6) is 0 Å². The molecule has 1 aromatic carbocycles. The van der Waals surface area contributed by atoms with E-state index in [1.54, 1.807) is 0 Å². The first-order valence-corrected chi connectivity index (χ1v) is 7.75. The van der Waals surface area contributed by atoms with Crippen LogP contribution in [-0.2, 0) is 11.3 Å². The summed E-state index contributed by atoms with van der Waals surface area (Å²) in [6, 6.07) is 8.16. The van der Waals surface area contributed by atoms with Crippen LogP contribution in [0.3, 0.4) is 0 Å². The summed E-state index contributed by atoms with van der Waals surface area (Å²) < 4.78 is 0. The third-order valence-corrected chi connectivity index (χ3v) is 4.22. The molecule has 0 spiro atoms. The highest BCUT2D eigenvalue weighted by molar-refractivity contribution is 5.95. The smallest absolute Gasteiger partial charge is 0.230 e. The van der Waals surface area contributed by atoms with Crippen molar-refractivity contribution in [2.45, 2.75) is 52.5 Å². The highest BCUT2D eigenvalue weighted by Gasteiger charge is 2.36. The standard InChI is InChI=1S/C17H26N2O/c1-3-12-18-13-14-6-8-15(9-7-14)19-16(20)17(2)10-4-5-11-17/h6-9,18H,3-5,10-13H2,1-2H3,(H,19,20). The van der Waals surface area contributed by atoms with Gasteiger partial charge in [-0.2, -0.15) is 0 Å². The van der Waals surface area contributed by atoms with Gasteiger partial charge in [0.05, 0.1) is 0 Å². The molecule has 0 unspecified atom stereocenters. The van der Waals surface area contributed by atoms with E-state index in [0.29, 0.717) is 0 Å². The summed E-state index contributed by atoms with van der Waals surface area (Å²) in [7, 11) is 0. The minimum atomic E-state index is -0.165. The number of rotatable bonds is 6. The lowest BCUT2D eigenvalue weighted by molar-refractivity contribution is -0.124. The Kier molecular flexibility index (Phi) is 5.18. The SMILES string of the molecule is CCCNCc1ccc(NC(=O)C2(C)CCCC2)cc1. The van der Waals surface area contributed by atoms with Gasteiger partial charge >= 0.3 is 0 Å². The van der Waals surface area contributed by atoms with Crippen molar-refractivity contribution in [2.75, 3.05) is 11.9 Å². The average Bonchev–Trinajstić information content (AvgIpc) is 2.89. The van der Waals surface area contributed by atoms with E-state index in [9.17, 15) is 4.79 Å². The second kappa shape index (κ2) is 6.89. The van der Waals surface area contributed by atoms with Crippen molar-refractivity contribution < 1.29 is 4.79 Å². The molecular weight excluding hydrogens is 248 g/mol. The Morgan fingerprint density at radius 3 is 2.45 bits per heavy atom. The first kappa shape index (κ1) is 15.0. The molecule has 1 aliphatic rings. The first-order chi connectivity index (χ1) is 9.64. The van der Waals surface area contributed by atoms with Gasteiger partial charge in [-0.15, -0.1) is 0 Å². The number of amides is 1. The molecule has 2 N–H and O–H groups in total. The van der Waals surface area contributed by atoms with E-state index in [-0.39, 0.29) is 11.3 Å². The van der Waals surface area contributed by atoms with Gasteiger partial charge in [-0.05, 0) is 43.5 Å². The molecule has 3 heteroatoms. The summed E-state index contributed by atoms with van der Waals surface area (Å²) in [5, 5.41) is 6.43. The van der Waals surface area contributed by atoms with E-state index >= 15 is 0 Å². The highest BCUT2D eigenvalue weighted by Crippen LogP contribution is 2.38. The Labute approximate surface area is 122 Å². The molecule has 0 aromatic heterocycles. The van der Waals surface area contributed by atoms with Crippen molar-refractivity contribution in [3.63, 3.8) is 0 Å². The molecule has 20 heavy (non-hydrogen) atoms. The Morgan fingerprint density at radius 1 is 1.20 bits per heavy atom. The van der Waals surface area contributed by atoms with E-state index in [2.05, 4.69) is 36.6 Å². The van der Waals surface area contributed by atoms with E-state index in [1.807, 2.05) is 12.1 Å². The largest absolute Gasteiger partial charge is 0.326 e. The van der Waals surface area contributed by atoms with Crippen LogP contribution in [0.4, 0.5) is 5.69 Å². The lowest BCUT2D eigenvalue weighted by Crippen LogP contribution is -2.30. The summed E-state index contributed by atoms with van der Waals surface area (Å²) in [6.45, 7) is 6.17. The fourth-order valence-electron chi connectivity index (χ4n) is 2.78. The minimum absolute atomic E-state index is 0.165. The van der Waals surface area contributed by atoms with Crippen molar-refractivity contribution in [3.05, 3.63) is 29.8 Å². The lowest BCUT2D eigenvalue weighted by Gasteiger charge is -2.22. The van der Waals surface area contributed by atoms with Crippen molar-refractivity contribution in [2.24, 2.45) is 5.41 Å². The predicted molar refractivity (Wildman–Crippen MR) is 83.6 cm³/mol. The van der Waals surface area contributed by atoms with Gasteiger partial charge in [0.1, 0.15) is 0 Å². The molecule has 0 aliphatic heterocycles. The van der Waals surface area contributed by atoms with E-state index < -0.39 is 0 Å². The van der Waals surface area contributed by atoms with Crippen molar-refractivity contribution in [1.82, 2.24) is 5.32 Å². The Bertz CT molecular complexity index is 433. The summed E-state index contributed by atoms with van der Waals surface area (Å²) in [5.41, 5.74) is 1.99. The molecule has 110 valence electrons. The van der Waals surface area contributed by atoms with Crippen LogP contribution in [0.1, 0.15) is 51.5 Å². The van der Waals surface area contributed by atoms with Gasteiger partial charge in [-0.25, -0.2) is 0 Å². The Balaban J connectivity index is 1.88. The quantitative estimate of drug-likeness (QED) is 0.777. The fraction of sp³-hybridized carbons (Fsp3) is 0.588. The molecule has 3 nitrogen and oxygen atoms in total. The first-order valence-electron chi connectivity index (χ1n) is 7.75. The molecular formula is C17H26N2O. The van der Waals surface area contributed by atoms with Gasteiger partial charge in [0.2, 0.25) is 5.91 Å². The molecule has 0 radical (unpaired) electrons. The second-order valence-electron chi connectivity index (χ2n) is 6.10. The normalized spacial score (nSPS) is 17.1. The number of nitrogens with one attached hydrogen (secondary N) is 2. The number of carbonyl (C=O) groups excluding carboxylic acids is 1. The maximum Gasteiger partial charge on any atom is 0.230 e. The predicted octanol–water partition coefficient (Wildman–Crippen LogP) is 3.71. The monoisotopic (exact) mass is 274 g/mol. The average molecular weight is 274 g/mol. The second-order valence-corrected chi connectivity index (χ2v) is 6.10. The van der Waals surface area contributed by atoms with Crippen molar-refractivity contribution in [3.8, 4) is 0 Å². The van der Waals surface area contributed by atoms with Crippen LogP contribution >= 0.6 is 0 Å². The van der Waals surface area contributed by atoms with Crippen LogP contribution in [0, 0.1) is 5.41 Å². The number of benzene rings is 1. The third kappa shape index (κ3) is 3.83. The molecule has 1 amide bonds. The van der Waals surface area contributed by atoms with Gasteiger partial charge in [-0.3, -0.25) is 4.79 Å². The molecule has 2 rings (SSSR count). The van der Waals surface area contributed by atoms with Crippen LogP contribution < -0.4 is 10.6 Å². The third-order valence-electron chi connectivity index (χ3n) is 4.22. The topological polar surface area (TPSA) is 41.1 Å². The molecule has 1 saturated carbocycles. The number of anilines is 1. The van der Waals surface area contributed by atoms with Crippen molar-refractivity contribution >= 4 is 11.6 Å². The summed E-state index contributed by atoms with van der Waals surface area (Å²) in [4.78, 5) is 12.3. The zero-order chi connectivity index (χ0) is 14.4. The van der Waals surface area contributed by atoms with E-state index in [1.165, 1.54) is 18.4 Å². The molecule has 0 atom stereocenters. The highest BCUT2D eigenvalue weighted by atomic mass is 16.2. The van der Waals surface area contributed by atoms with Gasteiger partial charge in [0.15, 0.2) is 0 Å². The van der Waals surface area contributed by atoms with Gasteiger partial charge in [-0.1, -0.05) is 38.8 Å². The molecule has 1 aromatic rings. The van der Waals surface area contributed by atoms with E-state index in [4.69, 9.17) is 0 Å². The number of hydrogen-bond acceptors (Lipinski definition) is 2. The van der Waals surface area contributed by atoms with Crippen LogP contribution in [0.2, 0.25) is 0 Å². The summed E-state index contributed by atoms with van der Waals surface area (Å²) in [6.07, 6.45) is 5.51. The summed E-state index contributed by atoms with van der Waals surface area (Å²) >= 11 is 0. The number of hydrogen-bond donors (Lipinski definition) is 2. The van der Waals surface area contributed by atoms with Gasteiger partial charge in [0, 0.05) is 17.6 Å². The van der Waals surface area contributed by atoms with Crippen LogP contribution in [0.15, 0.2) is 24.3 Å². The van der Waals surface area contributed by atoms with Gasteiger partial charge in [0.25, 0.3) is 0 Å². The molecule has 1 fully saturated rings. The zero-order valence-electron chi connectivity index (χ0n) is 12.7. The number of carbonyl (C=O) groups is 1. The molecule has 0 saturated heterocycles. The maximum absolute atomic E-state index is 12.3. The Hall–Kier alpha value is -1.35. The summed E-state index contributed by atoms with van der Waals surface area (Å²) in [5.74, 6) is 0.173. The molecule has 0 bridgehead atoms. The van der Waals surface area contributed by atoms with Crippen LogP contribution in [0.25, 0.3) is 0 Å². The van der Waals surface area contributed by atoms with Crippen molar-refractivity contribution in [1.29, 1.82) is 0 Å². The minimum Gasteiger partial charge on any atom is -0.326 e. The van der Waals surface area contributed by atoms with Gasteiger partial charge < -0.3 is 10.6 Å². The lowest BCUT2D eigenvalue weighted by atomic mass is 9.88. The van der Waals surface area contributed by atoms with Crippen LogP contribution in [-0.4, -0.2) is 12.5 Å². The molecule has 1 aliphatic carbocycles. The maximum atomic E-state index is 12.3. The van der Waals surface area contributed by atoms with E-state index in [0.717, 1.165) is 38.0 Å². The fourth-order valence-corrected chi connectivity index (χ4v) is 2.78. The molecule has 0 heterocycles. The Morgan fingerprint density at radius 2 is 1.85 bits per heavy atom.